The van der Waals surface area contributed by atoms with Crippen molar-refractivity contribution in [2.75, 3.05) is 19.5 Å². The van der Waals surface area contributed by atoms with Crippen molar-refractivity contribution in [3.8, 4) is 11.3 Å². The second-order valence-electron chi connectivity index (χ2n) is 6.19. The van der Waals surface area contributed by atoms with E-state index in [9.17, 15) is 0 Å². The lowest BCUT2D eigenvalue weighted by Crippen LogP contribution is -2.26. The highest BCUT2D eigenvalue weighted by Crippen LogP contribution is 2.39. The minimum atomic E-state index is -0.276. The van der Waals surface area contributed by atoms with Gasteiger partial charge >= 0.3 is 0 Å². The zero-order valence-corrected chi connectivity index (χ0v) is 13.6. The molecule has 0 fully saturated rings. The van der Waals surface area contributed by atoms with Crippen LogP contribution >= 0.6 is 0 Å². The van der Waals surface area contributed by atoms with Crippen LogP contribution in [0.5, 0.6) is 0 Å². The number of anilines is 1. The number of methoxy groups -OCH3 is 1. The van der Waals surface area contributed by atoms with E-state index in [1.807, 2.05) is 18.2 Å². The molecule has 0 unspecified atom stereocenters. The maximum absolute atomic E-state index is 6.53. The first-order chi connectivity index (χ1) is 11.0. The van der Waals surface area contributed by atoms with Crippen LogP contribution in [0.2, 0.25) is 0 Å². The summed E-state index contributed by atoms with van der Waals surface area (Å²) in [7, 11) is 1.70. The zero-order valence-electron chi connectivity index (χ0n) is 13.6. The zero-order chi connectivity index (χ0) is 16.4. The minimum Gasteiger partial charge on any atom is -0.398 e. The topological polar surface area (TPSA) is 73.9 Å². The van der Waals surface area contributed by atoms with Crippen LogP contribution in [0, 0.1) is 0 Å². The molecule has 5 heteroatoms. The van der Waals surface area contributed by atoms with Gasteiger partial charge in [-0.2, -0.15) is 0 Å². The summed E-state index contributed by atoms with van der Waals surface area (Å²) in [5.41, 5.74) is 10.6. The van der Waals surface area contributed by atoms with Crippen molar-refractivity contribution < 1.29 is 4.74 Å². The van der Waals surface area contributed by atoms with Crippen LogP contribution in [0.3, 0.4) is 0 Å². The van der Waals surface area contributed by atoms with Gasteiger partial charge in [0, 0.05) is 53.3 Å². The fourth-order valence-electron chi connectivity index (χ4n) is 2.98. The van der Waals surface area contributed by atoms with Gasteiger partial charge in [0.05, 0.1) is 24.0 Å². The lowest BCUT2D eigenvalue weighted by molar-refractivity contribution is 0.147. The first-order valence-electron chi connectivity index (χ1n) is 7.47. The summed E-state index contributed by atoms with van der Waals surface area (Å²) in [6, 6.07) is 5.78. The Kier molecular flexibility index (Phi) is 3.96. The third kappa shape index (κ3) is 2.75. The summed E-state index contributed by atoms with van der Waals surface area (Å²) in [6.45, 7) is 4.77. The molecule has 3 rings (SSSR count). The van der Waals surface area contributed by atoms with Gasteiger partial charge in [0.15, 0.2) is 0 Å². The smallest absolute Gasteiger partial charge is 0.0913 e. The molecule has 0 aromatic carbocycles. The highest BCUT2D eigenvalue weighted by atomic mass is 16.5. The summed E-state index contributed by atoms with van der Waals surface area (Å²) >= 11 is 0. The van der Waals surface area contributed by atoms with E-state index in [4.69, 9.17) is 15.5 Å². The Hall–Kier alpha value is -2.53. The lowest BCUT2D eigenvalue weighted by Gasteiger charge is -2.28. The van der Waals surface area contributed by atoms with E-state index in [1.165, 1.54) is 0 Å². The molecule has 5 nitrogen and oxygen atoms in total. The Morgan fingerprint density at radius 1 is 1.09 bits per heavy atom. The van der Waals surface area contributed by atoms with Gasteiger partial charge in [-0.15, -0.1) is 0 Å². The van der Waals surface area contributed by atoms with Crippen LogP contribution in [0.4, 0.5) is 5.69 Å². The van der Waals surface area contributed by atoms with Crippen molar-refractivity contribution in [3.05, 3.63) is 48.5 Å². The maximum Gasteiger partial charge on any atom is 0.0913 e. The Bertz CT molecular complexity index is 831. The van der Waals surface area contributed by atoms with Gasteiger partial charge in [-0.1, -0.05) is 13.8 Å². The maximum atomic E-state index is 6.53. The van der Waals surface area contributed by atoms with Crippen LogP contribution < -0.4 is 5.73 Å². The standard InChI is InChI=1S/C18H20N4O/c1-18(2,11-23-3)15-16(19)13-6-9-21-10-14(13)22-17(15)12-4-7-20-8-5-12/h4-10H,11H2,1-3H3,(H2,19,22). The van der Waals surface area contributed by atoms with Gasteiger partial charge in [0.2, 0.25) is 0 Å². The molecule has 0 saturated carbocycles. The molecule has 0 radical (unpaired) electrons. The largest absolute Gasteiger partial charge is 0.398 e. The SMILES string of the molecule is COCC(C)(C)c1c(-c2ccncc2)nc2cnccc2c1N. The molecule has 3 aromatic heterocycles. The summed E-state index contributed by atoms with van der Waals surface area (Å²) in [5, 5.41) is 0.914. The van der Waals surface area contributed by atoms with Crippen molar-refractivity contribution in [2.45, 2.75) is 19.3 Å². The molecule has 23 heavy (non-hydrogen) atoms. The Morgan fingerprint density at radius 2 is 1.78 bits per heavy atom. The molecular weight excluding hydrogens is 288 g/mol. The minimum absolute atomic E-state index is 0.276. The van der Waals surface area contributed by atoms with Gasteiger partial charge in [-0.05, 0) is 18.2 Å². The van der Waals surface area contributed by atoms with E-state index in [-0.39, 0.29) is 5.41 Å². The van der Waals surface area contributed by atoms with Crippen LogP contribution in [-0.2, 0) is 10.2 Å². The monoisotopic (exact) mass is 308 g/mol. The first-order valence-corrected chi connectivity index (χ1v) is 7.47. The second kappa shape index (κ2) is 5.93. The van der Waals surface area contributed by atoms with Gasteiger partial charge in [-0.3, -0.25) is 9.97 Å². The highest BCUT2D eigenvalue weighted by Gasteiger charge is 2.29. The van der Waals surface area contributed by atoms with Crippen molar-refractivity contribution in [2.24, 2.45) is 0 Å². The van der Waals surface area contributed by atoms with E-state index in [2.05, 4.69) is 23.8 Å². The molecule has 0 saturated heterocycles. The number of fused-ring (bicyclic) bond motifs is 1. The van der Waals surface area contributed by atoms with Gasteiger partial charge in [-0.25, -0.2) is 4.98 Å². The molecule has 0 bridgehead atoms. The fourth-order valence-corrected chi connectivity index (χ4v) is 2.98. The average molecular weight is 308 g/mol. The number of pyridine rings is 3. The van der Waals surface area contributed by atoms with Gasteiger partial charge < -0.3 is 10.5 Å². The van der Waals surface area contributed by atoms with Crippen molar-refractivity contribution in [3.63, 3.8) is 0 Å². The molecule has 0 atom stereocenters. The average Bonchev–Trinajstić information content (AvgIpc) is 2.55. The third-order valence-corrected chi connectivity index (χ3v) is 3.96. The Balaban J connectivity index is 2.37. The first kappa shape index (κ1) is 15.4. The Morgan fingerprint density at radius 3 is 2.48 bits per heavy atom. The molecule has 0 aliphatic carbocycles. The fraction of sp³-hybridized carbons (Fsp3) is 0.278. The molecule has 2 N–H and O–H groups in total. The van der Waals surface area contributed by atoms with E-state index < -0.39 is 0 Å². The van der Waals surface area contributed by atoms with Crippen molar-refractivity contribution in [1.29, 1.82) is 0 Å². The normalized spacial score (nSPS) is 11.8. The molecule has 3 heterocycles. The molecule has 0 aliphatic heterocycles. The van der Waals surface area contributed by atoms with Gasteiger partial charge in [0.1, 0.15) is 0 Å². The second-order valence-corrected chi connectivity index (χ2v) is 6.19. The quantitative estimate of drug-likeness (QED) is 0.801. The van der Waals surface area contributed by atoms with Crippen LogP contribution in [0.1, 0.15) is 19.4 Å². The number of ether oxygens (including phenoxy) is 1. The molecule has 0 amide bonds. The number of hydrogen-bond donors (Lipinski definition) is 1. The summed E-state index contributed by atoms with van der Waals surface area (Å²) in [4.78, 5) is 13.1. The number of hydrogen-bond acceptors (Lipinski definition) is 5. The molecule has 0 aliphatic rings. The molecule has 0 spiro atoms. The van der Waals surface area contributed by atoms with Crippen LogP contribution in [0.25, 0.3) is 22.2 Å². The van der Waals surface area contributed by atoms with E-state index in [0.29, 0.717) is 6.61 Å². The highest BCUT2D eigenvalue weighted by molar-refractivity contribution is 5.95. The van der Waals surface area contributed by atoms with E-state index >= 15 is 0 Å². The summed E-state index contributed by atoms with van der Waals surface area (Å²) < 4.78 is 5.41. The summed E-state index contributed by atoms with van der Waals surface area (Å²) in [5.74, 6) is 0. The number of nitrogens with zero attached hydrogens (tertiary/aromatic N) is 3. The predicted octanol–water partition coefficient (Wildman–Crippen LogP) is 3.20. The number of nitrogens with two attached hydrogens (primary N) is 1. The molecular formula is C18H20N4O. The van der Waals surface area contributed by atoms with E-state index in [1.54, 1.807) is 31.9 Å². The Labute approximate surface area is 135 Å². The van der Waals surface area contributed by atoms with Crippen molar-refractivity contribution >= 4 is 16.6 Å². The number of rotatable bonds is 4. The predicted molar refractivity (Wildman–Crippen MR) is 92.1 cm³/mol. The number of aromatic nitrogens is 3. The molecule has 3 aromatic rings. The molecule has 118 valence electrons. The number of nitrogen functional groups attached to an aromatic ring is 1. The van der Waals surface area contributed by atoms with Gasteiger partial charge in [0.25, 0.3) is 0 Å². The lowest BCUT2D eigenvalue weighted by atomic mass is 9.81. The van der Waals surface area contributed by atoms with Crippen molar-refractivity contribution in [1.82, 2.24) is 15.0 Å². The van der Waals surface area contributed by atoms with Crippen LogP contribution in [-0.4, -0.2) is 28.7 Å². The summed E-state index contributed by atoms with van der Waals surface area (Å²) in [6.07, 6.45) is 6.99. The van der Waals surface area contributed by atoms with E-state index in [0.717, 1.165) is 33.4 Å². The third-order valence-electron chi connectivity index (χ3n) is 3.96. The van der Waals surface area contributed by atoms with Crippen LogP contribution in [0.15, 0.2) is 43.0 Å².